The number of nitrogens with zero attached hydrogens (tertiary/aromatic N) is 4. The first-order valence-corrected chi connectivity index (χ1v) is 12.0. The van der Waals surface area contributed by atoms with Gasteiger partial charge in [0.05, 0.1) is 11.2 Å². The number of aromatic nitrogens is 3. The molecule has 0 spiro atoms. The Morgan fingerprint density at radius 1 is 1.24 bits per heavy atom. The van der Waals surface area contributed by atoms with Gasteiger partial charge in [0.1, 0.15) is 17.6 Å². The molecule has 2 N–H and O–H groups in total. The fraction of sp³-hybridized carbons (Fsp3) is 0.190. The summed E-state index contributed by atoms with van der Waals surface area (Å²) in [7, 11) is -2.38. The van der Waals surface area contributed by atoms with Gasteiger partial charge < -0.3 is 10.4 Å². The highest BCUT2D eigenvalue weighted by molar-refractivity contribution is 7.93. The third-order valence-electron chi connectivity index (χ3n) is 5.12. The number of rotatable bonds is 7. The molecule has 0 saturated carbocycles. The van der Waals surface area contributed by atoms with Gasteiger partial charge in [-0.25, -0.2) is 8.42 Å². The van der Waals surface area contributed by atoms with E-state index in [-0.39, 0.29) is 22.2 Å². The van der Waals surface area contributed by atoms with Crippen LogP contribution < -0.4 is 9.62 Å². The molecule has 0 amide bonds. The van der Waals surface area contributed by atoms with E-state index in [1.807, 2.05) is 0 Å². The van der Waals surface area contributed by atoms with Gasteiger partial charge in [-0.15, -0.1) is 10.2 Å². The number of fused-ring (bicyclic) bond motifs is 1. The Labute approximate surface area is 200 Å². The molecule has 1 aromatic carbocycles. The number of carboxylic acid groups (broad SMARTS) is 1. The van der Waals surface area contributed by atoms with Gasteiger partial charge in [0, 0.05) is 35.1 Å². The van der Waals surface area contributed by atoms with Crippen molar-refractivity contribution in [3.8, 4) is 5.82 Å². The van der Waals surface area contributed by atoms with Crippen molar-refractivity contribution in [3.63, 3.8) is 0 Å². The lowest BCUT2D eigenvalue weighted by molar-refractivity contribution is -0.135. The van der Waals surface area contributed by atoms with Crippen molar-refractivity contribution in [1.29, 1.82) is 0 Å². The molecule has 3 aromatic rings. The molecular formula is C21H19Cl2N5O4S. The van der Waals surface area contributed by atoms with Gasteiger partial charge in [0.15, 0.2) is 5.82 Å². The molecule has 0 saturated heterocycles. The van der Waals surface area contributed by atoms with Crippen LogP contribution in [0.2, 0.25) is 0 Å². The number of allylic oxidation sites excluding steroid dienone is 3. The lowest BCUT2D eigenvalue weighted by Crippen LogP contribution is -2.41. The molecule has 2 heterocycles. The predicted molar refractivity (Wildman–Crippen MR) is 129 cm³/mol. The minimum absolute atomic E-state index is 0.0101. The highest BCUT2D eigenvalue weighted by Crippen LogP contribution is 2.32. The van der Waals surface area contributed by atoms with Crippen molar-refractivity contribution < 1.29 is 18.3 Å². The monoisotopic (exact) mass is 507 g/mol. The third-order valence-corrected chi connectivity index (χ3v) is 7.64. The van der Waals surface area contributed by atoms with Crippen LogP contribution in [0.15, 0.2) is 64.8 Å². The normalized spacial score (nSPS) is 16.3. The van der Waals surface area contributed by atoms with Crippen LogP contribution in [0, 0.1) is 0 Å². The van der Waals surface area contributed by atoms with Crippen LogP contribution >= 0.6 is 23.2 Å². The van der Waals surface area contributed by atoms with E-state index >= 15 is 0 Å². The van der Waals surface area contributed by atoms with E-state index in [1.165, 1.54) is 12.2 Å². The minimum Gasteiger partial charge on any atom is -0.480 e. The Bertz CT molecular complexity index is 1380. The Morgan fingerprint density at radius 2 is 2.03 bits per heavy atom. The molecule has 9 nitrogen and oxygen atoms in total. The Hall–Kier alpha value is -3.08. The van der Waals surface area contributed by atoms with Gasteiger partial charge in [0.25, 0.3) is 0 Å². The van der Waals surface area contributed by atoms with Crippen molar-refractivity contribution in [1.82, 2.24) is 14.8 Å². The third kappa shape index (κ3) is 4.68. The molecule has 1 unspecified atom stereocenters. The number of nitrogens with one attached hydrogen (secondary N) is 1. The molecule has 4 rings (SSSR count). The Morgan fingerprint density at radius 3 is 2.67 bits per heavy atom. The zero-order valence-electron chi connectivity index (χ0n) is 17.3. The van der Waals surface area contributed by atoms with Gasteiger partial charge in [-0.05, 0) is 48.6 Å². The quantitative estimate of drug-likeness (QED) is 0.500. The standard InChI is InChI=1S/C21H19Cl2N5O4S/c1-24-19-4-5-20(26-25-19)27-7-6-13-8-16(2-3-18(13)27)28(12-21(29)30)33(31,32)17-10-14(22)9-15(23)11-17/h2-10,17H,11-12H2,1H3,(H,24,25)(H,29,30). The molecule has 2 aromatic heterocycles. The molecule has 33 heavy (non-hydrogen) atoms. The molecule has 172 valence electrons. The first kappa shape index (κ1) is 23.1. The number of benzene rings is 1. The van der Waals surface area contributed by atoms with E-state index in [0.717, 1.165) is 9.82 Å². The summed E-state index contributed by atoms with van der Waals surface area (Å²) in [6.07, 6.45) is 4.62. The van der Waals surface area contributed by atoms with Crippen molar-refractivity contribution in [3.05, 3.63) is 64.8 Å². The van der Waals surface area contributed by atoms with Crippen LogP contribution in [-0.2, 0) is 14.8 Å². The molecular weight excluding hydrogens is 489 g/mol. The highest BCUT2D eigenvalue weighted by Gasteiger charge is 2.34. The van der Waals surface area contributed by atoms with Crippen LogP contribution in [0.4, 0.5) is 11.5 Å². The maximum Gasteiger partial charge on any atom is 0.324 e. The average Bonchev–Trinajstić information content (AvgIpc) is 3.20. The second kappa shape index (κ2) is 9.05. The van der Waals surface area contributed by atoms with E-state index in [2.05, 4.69) is 15.5 Å². The van der Waals surface area contributed by atoms with E-state index in [9.17, 15) is 18.3 Å². The van der Waals surface area contributed by atoms with E-state index < -0.39 is 27.8 Å². The number of carbonyl (C=O) groups is 1. The van der Waals surface area contributed by atoms with Crippen LogP contribution in [-0.4, -0.2) is 53.1 Å². The largest absolute Gasteiger partial charge is 0.480 e. The number of hydrogen-bond donors (Lipinski definition) is 2. The number of aliphatic carboxylic acids is 1. The number of halogens is 2. The van der Waals surface area contributed by atoms with Crippen molar-refractivity contribution in [2.24, 2.45) is 0 Å². The predicted octanol–water partition coefficient (Wildman–Crippen LogP) is 3.70. The molecule has 0 radical (unpaired) electrons. The SMILES string of the molecule is CNc1ccc(-n2ccc3cc(N(CC(=O)O)S(=O)(=O)C4C=C(Cl)C=C(Cl)C4)ccc32)nn1. The summed E-state index contributed by atoms with van der Waals surface area (Å²) in [6, 6.07) is 10.2. The molecule has 1 aliphatic rings. The van der Waals surface area contributed by atoms with E-state index in [1.54, 1.807) is 54.2 Å². The molecule has 1 atom stereocenters. The smallest absolute Gasteiger partial charge is 0.324 e. The van der Waals surface area contributed by atoms with Crippen molar-refractivity contribution >= 4 is 61.6 Å². The van der Waals surface area contributed by atoms with Crippen LogP contribution in [0.5, 0.6) is 0 Å². The van der Waals surface area contributed by atoms with Crippen LogP contribution in [0.1, 0.15) is 6.42 Å². The van der Waals surface area contributed by atoms with Gasteiger partial charge in [0.2, 0.25) is 10.0 Å². The van der Waals surface area contributed by atoms with Gasteiger partial charge in [-0.3, -0.25) is 13.7 Å². The van der Waals surface area contributed by atoms with Crippen LogP contribution in [0.3, 0.4) is 0 Å². The zero-order chi connectivity index (χ0) is 23.8. The average molecular weight is 508 g/mol. The fourth-order valence-corrected chi connectivity index (χ4v) is 6.09. The summed E-state index contributed by atoms with van der Waals surface area (Å²) in [4.78, 5) is 11.5. The van der Waals surface area contributed by atoms with Gasteiger partial charge in [-0.1, -0.05) is 23.2 Å². The molecule has 0 aliphatic heterocycles. The number of sulfonamides is 1. The number of carboxylic acids is 1. The first-order valence-electron chi connectivity index (χ1n) is 9.79. The van der Waals surface area contributed by atoms with Gasteiger partial charge >= 0.3 is 5.97 Å². The summed E-state index contributed by atoms with van der Waals surface area (Å²) < 4.78 is 29.4. The second-order valence-electron chi connectivity index (χ2n) is 7.29. The molecule has 12 heteroatoms. The minimum atomic E-state index is -4.13. The van der Waals surface area contributed by atoms with Crippen molar-refractivity contribution in [2.75, 3.05) is 23.2 Å². The van der Waals surface area contributed by atoms with Crippen molar-refractivity contribution in [2.45, 2.75) is 11.7 Å². The first-order chi connectivity index (χ1) is 15.7. The summed E-state index contributed by atoms with van der Waals surface area (Å²) >= 11 is 12.1. The summed E-state index contributed by atoms with van der Waals surface area (Å²) in [5.41, 5.74) is 0.971. The molecule has 0 fully saturated rings. The number of hydrogen-bond acceptors (Lipinski definition) is 6. The Balaban J connectivity index is 1.74. The summed E-state index contributed by atoms with van der Waals surface area (Å²) in [5, 5.41) is 20.7. The lowest BCUT2D eigenvalue weighted by atomic mass is 10.2. The summed E-state index contributed by atoms with van der Waals surface area (Å²) in [5.74, 6) is -0.0855. The van der Waals surface area contributed by atoms with E-state index in [4.69, 9.17) is 23.2 Å². The fourth-order valence-electron chi connectivity index (χ4n) is 3.56. The molecule has 1 aliphatic carbocycles. The Kier molecular flexibility index (Phi) is 6.33. The maximum atomic E-state index is 13.4. The zero-order valence-corrected chi connectivity index (χ0v) is 19.6. The maximum absolute atomic E-state index is 13.4. The number of anilines is 2. The van der Waals surface area contributed by atoms with E-state index in [0.29, 0.717) is 17.0 Å². The van der Waals surface area contributed by atoms with Crippen LogP contribution in [0.25, 0.3) is 16.7 Å². The molecule has 0 bridgehead atoms. The second-order valence-corrected chi connectivity index (χ2v) is 10.3. The lowest BCUT2D eigenvalue weighted by Gasteiger charge is -2.28. The summed E-state index contributed by atoms with van der Waals surface area (Å²) in [6.45, 7) is -0.741. The topological polar surface area (TPSA) is 117 Å². The highest BCUT2D eigenvalue weighted by atomic mass is 35.5. The van der Waals surface area contributed by atoms with Gasteiger partial charge in [-0.2, -0.15) is 0 Å².